The molecule has 1 aliphatic heterocycles. The second kappa shape index (κ2) is 8.52. The maximum absolute atomic E-state index is 13.3. The molecule has 0 bridgehead atoms. The summed E-state index contributed by atoms with van der Waals surface area (Å²) in [5.41, 5.74) is 2.07. The van der Waals surface area contributed by atoms with E-state index in [1.165, 1.54) is 28.5 Å². The Morgan fingerprint density at radius 1 is 1.07 bits per heavy atom. The number of ether oxygens (including phenoxy) is 1. The van der Waals surface area contributed by atoms with Crippen LogP contribution in [-0.2, 0) is 13.0 Å². The molecule has 0 aliphatic carbocycles. The number of methoxy groups -OCH3 is 1. The minimum absolute atomic E-state index is 0.132. The van der Waals surface area contributed by atoms with Crippen LogP contribution in [0.1, 0.15) is 24.0 Å². The number of benzene rings is 3. The quantitative estimate of drug-likeness (QED) is 0.653. The van der Waals surface area contributed by atoms with E-state index in [4.69, 9.17) is 4.74 Å². The zero-order valence-corrected chi connectivity index (χ0v) is 16.9. The molecule has 152 valence electrons. The van der Waals surface area contributed by atoms with Gasteiger partial charge in [-0.2, -0.15) is 0 Å². The molecular weight excluding hydrogens is 365 g/mol. The van der Waals surface area contributed by atoms with Gasteiger partial charge in [0.05, 0.1) is 13.7 Å². The Bertz CT molecular complexity index is 972. The van der Waals surface area contributed by atoms with E-state index in [2.05, 4.69) is 35.2 Å². The lowest BCUT2D eigenvalue weighted by atomic mass is 9.75. The van der Waals surface area contributed by atoms with Gasteiger partial charge in [0.25, 0.3) is 0 Å². The van der Waals surface area contributed by atoms with Gasteiger partial charge in [-0.1, -0.05) is 42.5 Å². The minimum Gasteiger partial charge on any atom is -0.496 e. The molecule has 1 unspecified atom stereocenters. The summed E-state index contributed by atoms with van der Waals surface area (Å²) in [7, 11) is 1.72. The number of aliphatic hydroxyl groups excluding tert-OH is 1. The van der Waals surface area contributed by atoms with Crippen molar-refractivity contribution in [3.63, 3.8) is 0 Å². The smallest absolute Gasteiger partial charge is 0.123 e. The lowest BCUT2D eigenvalue weighted by Gasteiger charge is -2.42. The third-order valence-corrected chi connectivity index (χ3v) is 6.17. The molecule has 3 aromatic carbocycles. The molecule has 0 saturated carbocycles. The summed E-state index contributed by atoms with van der Waals surface area (Å²) >= 11 is 0. The van der Waals surface area contributed by atoms with Gasteiger partial charge >= 0.3 is 0 Å². The fourth-order valence-electron chi connectivity index (χ4n) is 4.70. The second-order valence-corrected chi connectivity index (χ2v) is 8.24. The van der Waals surface area contributed by atoms with Gasteiger partial charge < -0.3 is 9.84 Å². The summed E-state index contributed by atoms with van der Waals surface area (Å²) in [5.74, 6) is 0.683. The summed E-state index contributed by atoms with van der Waals surface area (Å²) in [6, 6.07) is 19.2. The summed E-state index contributed by atoms with van der Waals surface area (Å²) in [6.07, 6.45) is 2.77. The molecule has 29 heavy (non-hydrogen) atoms. The van der Waals surface area contributed by atoms with E-state index in [-0.39, 0.29) is 17.8 Å². The lowest BCUT2D eigenvalue weighted by molar-refractivity contribution is 0.0287. The number of rotatable bonds is 6. The van der Waals surface area contributed by atoms with Crippen molar-refractivity contribution in [2.45, 2.75) is 25.8 Å². The monoisotopic (exact) mass is 393 g/mol. The number of hydrogen-bond donors (Lipinski definition) is 1. The van der Waals surface area contributed by atoms with Crippen LogP contribution < -0.4 is 4.74 Å². The molecule has 1 aliphatic rings. The highest BCUT2D eigenvalue weighted by Crippen LogP contribution is 2.36. The highest BCUT2D eigenvalue weighted by Gasteiger charge is 2.35. The molecule has 1 fully saturated rings. The molecule has 3 aromatic rings. The zero-order valence-electron chi connectivity index (χ0n) is 16.9. The summed E-state index contributed by atoms with van der Waals surface area (Å²) in [4.78, 5) is 2.42. The van der Waals surface area contributed by atoms with E-state index >= 15 is 0 Å². The Morgan fingerprint density at radius 2 is 1.86 bits per heavy atom. The summed E-state index contributed by atoms with van der Waals surface area (Å²) < 4.78 is 18.9. The van der Waals surface area contributed by atoms with E-state index in [1.54, 1.807) is 7.11 Å². The molecule has 0 radical (unpaired) electrons. The predicted octanol–water partition coefficient (Wildman–Crippen LogP) is 4.80. The summed E-state index contributed by atoms with van der Waals surface area (Å²) in [5, 5.41) is 12.7. The third-order valence-electron chi connectivity index (χ3n) is 6.17. The van der Waals surface area contributed by atoms with Crippen molar-refractivity contribution >= 4 is 10.8 Å². The SMILES string of the molecule is COc1ccc2ccccc2c1CN1CCCC(CO)(Cc2ccc(F)cc2)C1. The molecule has 0 amide bonds. The number of piperidine rings is 1. The maximum atomic E-state index is 13.3. The van der Waals surface area contributed by atoms with Crippen molar-refractivity contribution in [2.75, 3.05) is 26.8 Å². The van der Waals surface area contributed by atoms with E-state index < -0.39 is 0 Å². The Morgan fingerprint density at radius 3 is 2.62 bits per heavy atom. The number of fused-ring (bicyclic) bond motifs is 1. The molecule has 1 atom stereocenters. The van der Waals surface area contributed by atoms with Crippen LogP contribution in [0.15, 0.2) is 60.7 Å². The molecule has 4 heteroatoms. The zero-order chi connectivity index (χ0) is 20.3. The van der Waals surface area contributed by atoms with E-state index in [0.717, 1.165) is 50.2 Å². The van der Waals surface area contributed by atoms with Crippen molar-refractivity contribution in [3.05, 3.63) is 77.6 Å². The average Bonchev–Trinajstić information content (AvgIpc) is 2.76. The van der Waals surface area contributed by atoms with Crippen molar-refractivity contribution < 1.29 is 14.2 Å². The Hall–Kier alpha value is -2.43. The minimum atomic E-state index is -0.222. The van der Waals surface area contributed by atoms with Crippen LogP contribution in [-0.4, -0.2) is 36.8 Å². The van der Waals surface area contributed by atoms with Gasteiger partial charge in [-0.25, -0.2) is 4.39 Å². The van der Waals surface area contributed by atoms with Gasteiger partial charge in [0, 0.05) is 24.1 Å². The van der Waals surface area contributed by atoms with Crippen molar-refractivity contribution in [3.8, 4) is 5.75 Å². The molecule has 0 aromatic heterocycles. The Kier molecular flexibility index (Phi) is 5.84. The van der Waals surface area contributed by atoms with Gasteiger partial charge in [-0.05, 0) is 60.3 Å². The molecule has 3 nitrogen and oxygen atoms in total. The molecule has 1 saturated heterocycles. The number of nitrogens with zero attached hydrogens (tertiary/aromatic N) is 1. The number of likely N-dealkylation sites (tertiary alicyclic amines) is 1. The van der Waals surface area contributed by atoms with Crippen molar-refractivity contribution in [2.24, 2.45) is 5.41 Å². The highest BCUT2D eigenvalue weighted by molar-refractivity contribution is 5.87. The second-order valence-electron chi connectivity index (χ2n) is 8.24. The first-order valence-electron chi connectivity index (χ1n) is 10.2. The first-order chi connectivity index (χ1) is 14.1. The molecule has 0 spiro atoms. The van der Waals surface area contributed by atoms with E-state index in [9.17, 15) is 9.50 Å². The third kappa shape index (κ3) is 4.29. The lowest BCUT2D eigenvalue weighted by Crippen LogP contribution is -2.46. The number of aliphatic hydroxyl groups is 1. The van der Waals surface area contributed by atoms with Crippen LogP contribution in [0, 0.1) is 11.2 Å². The van der Waals surface area contributed by atoms with Gasteiger partial charge in [0.1, 0.15) is 11.6 Å². The largest absolute Gasteiger partial charge is 0.496 e. The fraction of sp³-hybridized carbons (Fsp3) is 0.360. The van der Waals surface area contributed by atoms with E-state index in [1.807, 2.05) is 18.2 Å². The Labute approximate surface area is 171 Å². The van der Waals surface area contributed by atoms with Crippen molar-refractivity contribution in [1.82, 2.24) is 4.90 Å². The first kappa shape index (κ1) is 19.9. The van der Waals surface area contributed by atoms with E-state index in [0.29, 0.717) is 0 Å². The number of halogens is 1. The standard InChI is InChI=1S/C25H28FNO2/c1-29-24-12-9-20-5-2-3-6-22(20)23(24)16-27-14-4-13-25(17-27,18-28)15-19-7-10-21(26)11-8-19/h2-3,5-12,28H,4,13-18H2,1H3. The molecule has 1 N–H and O–H groups in total. The van der Waals surface area contributed by atoms with Crippen LogP contribution in [0.5, 0.6) is 5.75 Å². The van der Waals surface area contributed by atoms with Crippen LogP contribution in [0.3, 0.4) is 0 Å². The van der Waals surface area contributed by atoms with Gasteiger partial charge in [0.15, 0.2) is 0 Å². The maximum Gasteiger partial charge on any atom is 0.123 e. The molecular formula is C25H28FNO2. The van der Waals surface area contributed by atoms with Crippen LogP contribution in [0.25, 0.3) is 10.8 Å². The Balaban J connectivity index is 1.58. The first-order valence-corrected chi connectivity index (χ1v) is 10.2. The van der Waals surface area contributed by atoms with Crippen LogP contribution in [0.2, 0.25) is 0 Å². The topological polar surface area (TPSA) is 32.7 Å². The average molecular weight is 394 g/mol. The predicted molar refractivity (Wildman–Crippen MR) is 115 cm³/mol. The van der Waals surface area contributed by atoms with Gasteiger partial charge in [-0.3, -0.25) is 4.90 Å². The highest BCUT2D eigenvalue weighted by atomic mass is 19.1. The van der Waals surface area contributed by atoms with Gasteiger partial charge in [-0.15, -0.1) is 0 Å². The fourth-order valence-corrected chi connectivity index (χ4v) is 4.70. The van der Waals surface area contributed by atoms with Crippen LogP contribution in [0.4, 0.5) is 4.39 Å². The van der Waals surface area contributed by atoms with Crippen molar-refractivity contribution in [1.29, 1.82) is 0 Å². The molecule has 4 rings (SSSR count). The molecule has 1 heterocycles. The summed E-state index contributed by atoms with van der Waals surface area (Å²) in [6.45, 7) is 2.73. The number of hydrogen-bond acceptors (Lipinski definition) is 3. The van der Waals surface area contributed by atoms with Gasteiger partial charge in [0.2, 0.25) is 0 Å². The van der Waals surface area contributed by atoms with Crippen LogP contribution >= 0.6 is 0 Å². The normalized spacial score (nSPS) is 20.1.